The van der Waals surface area contributed by atoms with Gasteiger partial charge in [0.15, 0.2) is 5.75 Å². The highest BCUT2D eigenvalue weighted by Gasteiger charge is 2.21. The summed E-state index contributed by atoms with van der Waals surface area (Å²) in [6, 6.07) is 5.51. The minimum absolute atomic E-state index is 0.156. The predicted octanol–water partition coefficient (Wildman–Crippen LogP) is 0.828. The van der Waals surface area contributed by atoms with Gasteiger partial charge in [0.25, 0.3) is 5.91 Å². The van der Waals surface area contributed by atoms with Gasteiger partial charge in [-0.3, -0.25) is 10.2 Å². The number of fused-ring (bicyclic) bond motifs is 1. The molecule has 0 saturated carbocycles. The fourth-order valence-electron chi connectivity index (χ4n) is 2.95. The quantitative estimate of drug-likeness (QED) is 0.717. The lowest BCUT2D eigenvalue weighted by Crippen LogP contribution is -2.54. The first-order chi connectivity index (χ1) is 12.7. The SMILES string of the molecule is COc1cnc(N2CCN(NC(=O)c3cccc4[nH]cnc34)CC2)nc1. The van der Waals surface area contributed by atoms with E-state index in [9.17, 15) is 4.79 Å². The topological polar surface area (TPSA) is 99.3 Å². The molecule has 2 N–H and O–H groups in total. The highest BCUT2D eigenvalue weighted by Crippen LogP contribution is 2.16. The van der Waals surface area contributed by atoms with Crippen molar-refractivity contribution in [3.8, 4) is 5.75 Å². The third-order valence-electron chi connectivity index (χ3n) is 4.37. The van der Waals surface area contributed by atoms with Crippen LogP contribution < -0.4 is 15.1 Å². The Morgan fingerprint density at radius 3 is 2.65 bits per heavy atom. The number of carbonyl (C=O) groups excluding carboxylic acids is 1. The summed E-state index contributed by atoms with van der Waals surface area (Å²) in [4.78, 5) is 30.5. The number of hydrogen-bond donors (Lipinski definition) is 2. The normalized spacial score (nSPS) is 15.2. The van der Waals surface area contributed by atoms with Crippen molar-refractivity contribution >= 4 is 22.9 Å². The van der Waals surface area contributed by atoms with Gasteiger partial charge in [-0.05, 0) is 12.1 Å². The molecule has 3 aromatic rings. The Labute approximate surface area is 150 Å². The number of methoxy groups -OCH3 is 1. The van der Waals surface area contributed by atoms with Crippen molar-refractivity contribution in [1.29, 1.82) is 0 Å². The molecule has 0 bridgehead atoms. The number of piperazine rings is 1. The number of rotatable bonds is 4. The van der Waals surface area contributed by atoms with E-state index in [1.54, 1.807) is 31.9 Å². The van der Waals surface area contributed by atoms with Crippen molar-refractivity contribution in [3.63, 3.8) is 0 Å². The van der Waals surface area contributed by atoms with Gasteiger partial charge < -0.3 is 14.6 Å². The molecule has 0 radical (unpaired) electrons. The standard InChI is InChI=1S/C17H19N7O2/c1-26-12-9-18-17(19-10-12)23-5-7-24(8-6-23)22-16(25)13-3-2-4-14-15(13)21-11-20-14/h2-4,9-11H,5-8H2,1H3,(H,20,21)(H,22,25). The second-order valence-corrected chi connectivity index (χ2v) is 5.94. The molecule has 1 fully saturated rings. The number of H-pyrrole nitrogens is 1. The molecule has 1 saturated heterocycles. The highest BCUT2D eigenvalue weighted by molar-refractivity contribution is 6.04. The molecule has 0 unspecified atom stereocenters. The fraction of sp³-hybridized carbons (Fsp3) is 0.294. The Hall–Kier alpha value is -3.20. The van der Waals surface area contributed by atoms with Gasteiger partial charge >= 0.3 is 0 Å². The summed E-state index contributed by atoms with van der Waals surface area (Å²) in [7, 11) is 1.59. The maximum absolute atomic E-state index is 12.6. The van der Waals surface area contributed by atoms with Crippen molar-refractivity contribution in [1.82, 2.24) is 30.4 Å². The maximum atomic E-state index is 12.6. The lowest BCUT2D eigenvalue weighted by Gasteiger charge is -2.34. The average molecular weight is 353 g/mol. The fourth-order valence-corrected chi connectivity index (χ4v) is 2.95. The van der Waals surface area contributed by atoms with Crippen LogP contribution in [-0.4, -0.2) is 64.1 Å². The minimum atomic E-state index is -0.156. The van der Waals surface area contributed by atoms with Crippen molar-refractivity contribution in [2.24, 2.45) is 0 Å². The smallest absolute Gasteiger partial charge is 0.267 e. The van der Waals surface area contributed by atoms with Crippen LogP contribution in [0, 0.1) is 0 Å². The number of ether oxygens (including phenoxy) is 1. The largest absolute Gasteiger partial charge is 0.494 e. The molecular formula is C17H19N7O2. The van der Waals surface area contributed by atoms with Gasteiger partial charge in [0.2, 0.25) is 5.95 Å². The lowest BCUT2D eigenvalue weighted by atomic mass is 10.2. The van der Waals surface area contributed by atoms with E-state index in [4.69, 9.17) is 4.74 Å². The maximum Gasteiger partial charge on any atom is 0.267 e. The molecule has 0 spiro atoms. The predicted molar refractivity (Wildman–Crippen MR) is 95.9 cm³/mol. The van der Waals surface area contributed by atoms with Crippen LogP contribution in [0.15, 0.2) is 36.9 Å². The van der Waals surface area contributed by atoms with E-state index in [0.29, 0.717) is 35.9 Å². The number of nitrogens with zero attached hydrogens (tertiary/aromatic N) is 5. The van der Waals surface area contributed by atoms with E-state index >= 15 is 0 Å². The molecule has 3 heterocycles. The number of aromatic amines is 1. The van der Waals surface area contributed by atoms with Gasteiger partial charge in [-0.25, -0.2) is 20.0 Å². The summed E-state index contributed by atoms with van der Waals surface area (Å²) in [6.07, 6.45) is 4.90. The number of hydrogen-bond acceptors (Lipinski definition) is 7. The average Bonchev–Trinajstić information content (AvgIpc) is 3.17. The number of para-hydroxylation sites is 1. The van der Waals surface area contributed by atoms with Gasteiger partial charge in [0, 0.05) is 26.2 Å². The first-order valence-corrected chi connectivity index (χ1v) is 8.33. The Kier molecular flexibility index (Phi) is 4.36. The molecule has 1 amide bonds. The van der Waals surface area contributed by atoms with Crippen LogP contribution in [0.5, 0.6) is 5.75 Å². The zero-order chi connectivity index (χ0) is 17.9. The van der Waals surface area contributed by atoms with Crippen LogP contribution in [0.2, 0.25) is 0 Å². The Morgan fingerprint density at radius 2 is 1.92 bits per heavy atom. The van der Waals surface area contributed by atoms with Crippen LogP contribution >= 0.6 is 0 Å². The molecule has 1 aliphatic heterocycles. The molecule has 9 heteroatoms. The molecule has 4 rings (SSSR count). The van der Waals surface area contributed by atoms with E-state index < -0.39 is 0 Å². The molecule has 26 heavy (non-hydrogen) atoms. The number of imidazole rings is 1. The Balaban J connectivity index is 1.37. The van der Waals surface area contributed by atoms with E-state index in [1.807, 2.05) is 17.1 Å². The number of nitrogens with one attached hydrogen (secondary N) is 2. The number of hydrazine groups is 1. The number of benzene rings is 1. The van der Waals surface area contributed by atoms with Crippen LogP contribution in [0.25, 0.3) is 11.0 Å². The summed E-state index contributed by atoms with van der Waals surface area (Å²) < 4.78 is 5.08. The van der Waals surface area contributed by atoms with Gasteiger partial charge in [-0.2, -0.15) is 0 Å². The second-order valence-electron chi connectivity index (χ2n) is 5.94. The lowest BCUT2D eigenvalue weighted by molar-refractivity contribution is 0.0778. The van der Waals surface area contributed by atoms with Crippen LogP contribution in [-0.2, 0) is 0 Å². The molecule has 134 valence electrons. The van der Waals surface area contributed by atoms with E-state index in [-0.39, 0.29) is 5.91 Å². The van der Waals surface area contributed by atoms with Gasteiger partial charge in [0.05, 0.1) is 36.9 Å². The third kappa shape index (κ3) is 3.16. The molecule has 0 atom stereocenters. The molecule has 0 aliphatic carbocycles. The molecule has 2 aromatic heterocycles. The summed E-state index contributed by atoms with van der Waals surface area (Å²) in [5.74, 6) is 1.14. The number of amides is 1. The van der Waals surface area contributed by atoms with Crippen molar-refractivity contribution in [2.75, 3.05) is 38.2 Å². The summed E-state index contributed by atoms with van der Waals surface area (Å²) in [6.45, 7) is 2.80. The van der Waals surface area contributed by atoms with Crippen molar-refractivity contribution in [3.05, 3.63) is 42.5 Å². The molecule has 1 aliphatic rings. The van der Waals surface area contributed by atoms with Crippen LogP contribution in [0.3, 0.4) is 0 Å². The van der Waals surface area contributed by atoms with Crippen molar-refractivity contribution in [2.45, 2.75) is 0 Å². The number of aromatic nitrogens is 4. The van der Waals surface area contributed by atoms with Gasteiger partial charge in [0.1, 0.15) is 5.52 Å². The zero-order valence-electron chi connectivity index (χ0n) is 14.3. The number of anilines is 1. The highest BCUT2D eigenvalue weighted by atomic mass is 16.5. The number of carbonyl (C=O) groups is 1. The summed E-state index contributed by atoms with van der Waals surface area (Å²) >= 11 is 0. The monoisotopic (exact) mass is 353 g/mol. The molecular weight excluding hydrogens is 334 g/mol. The zero-order valence-corrected chi connectivity index (χ0v) is 14.3. The van der Waals surface area contributed by atoms with Crippen molar-refractivity contribution < 1.29 is 9.53 Å². The summed E-state index contributed by atoms with van der Waals surface area (Å²) in [5, 5.41) is 1.91. The van der Waals surface area contributed by atoms with Crippen LogP contribution in [0.4, 0.5) is 5.95 Å². The first-order valence-electron chi connectivity index (χ1n) is 8.33. The Morgan fingerprint density at radius 1 is 1.15 bits per heavy atom. The minimum Gasteiger partial charge on any atom is -0.494 e. The molecule has 9 nitrogen and oxygen atoms in total. The molecule has 1 aromatic carbocycles. The second kappa shape index (κ2) is 6.96. The van der Waals surface area contributed by atoms with E-state index in [1.165, 1.54) is 0 Å². The van der Waals surface area contributed by atoms with Crippen LogP contribution in [0.1, 0.15) is 10.4 Å². The summed E-state index contributed by atoms with van der Waals surface area (Å²) in [5.41, 5.74) is 5.04. The van der Waals surface area contributed by atoms with Gasteiger partial charge in [-0.15, -0.1) is 0 Å². The third-order valence-corrected chi connectivity index (χ3v) is 4.37. The van der Waals surface area contributed by atoms with Gasteiger partial charge in [-0.1, -0.05) is 6.07 Å². The van der Waals surface area contributed by atoms with E-state index in [2.05, 4.69) is 30.3 Å². The Bertz CT molecular complexity index is 901. The van der Waals surface area contributed by atoms with E-state index in [0.717, 1.165) is 18.6 Å². The first kappa shape index (κ1) is 16.3.